The predicted molar refractivity (Wildman–Crippen MR) is 67.2 cm³/mol. The Hall–Kier alpha value is -1.28. The molecule has 0 saturated heterocycles. The number of rotatable bonds is 7. The van der Waals surface area contributed by atoms with Crippen LogP contribution in [-0.2, 0) is 0 Å². The zero-order valence-corrected chi connectivity index (χ0v) is 9.45. The molecule has 0 spiro atoms. The third kappa shape index (κ3) is 4.66. The highest BCUT2D eigenvalue weighted by atomic mass is 15.1. The zero-order valence-electron chi connectivity index (χ0n) is 9.45. The molecule has 0 heterocycles. The molecule has 0 amide bonds. The van der Waals surface area contributed by atoms with Gasteiger partial charge in [0.05, 0.1) is 0 Å². The van der Waals surface area contributed by atoms with Crippen molar-refractivity contribution in [3.63, 3.8) is 0 Å². The van der Waals surface area contributed by atoms with Crippen molar-refractivity contribution < 1.29 is 0 Å². The van der Waals surface area contributed by atoms with Crippen molar-refractivity contribution in [3.8, 4) is 0 Å². The standard InChI is InChI=1S/C13H20N2/c1-3-11-15(4-2)12-10-14-13-8-6-5-7-9-13/h3,5-9,14H,1,4,10-12H2,2H3. The van der Waals surface area contributed by atoms with E-state index in [1.54, 1.807) is 0 Å². The molecule has 1 N–H and O–H groups in total. The Balaban J connectivity index is 2.23. The Kier molecular flexibility index (Phi) is 5.56. The molecule has 0 fully saturated rings. The van der Waals surface area contributed by atoms with Gasteiger partial charge in [0, 0.05) is 25.3 Å². The van der Waals surface area contributed by atoms with Crippen LogP contribution in [0.25, 0.3) is 0 Å². The first-order valence-corrected chi connectivity index (χ1v) is 5.49. The minimum absolute atomic E-state index is 0.965. The molecule has 0 unspecified atom stereocenters. The van der Waals surface area contributed by atoms with Gasteiger partial charge in [0.1, 0.15) is 0 Å². The van der Waals surface area contributed by atoms with Crippen molar-refractivity contribution in [2.75, 3.05) is 31.5 Å². The first-order valence-electron chi connectivity index (χ1n) is 5.49. The Morgan fingerprint density at radius 1 is 1.33 bits per heavy atom. The van der Waals surface area contributed by atoms with E-state index in [0.717, 1.165) is 26.2 Å². The molecule has 82 valence electrons. The Bertz CT molecular complexity index is 269. The molecular weight excluding hydrogens is 184 g/mol. The summed E-state index contributed by atoms with van der Waals surface area (Å²) in [4.78, 5) is 2.35. The second-order valence-electron chi connectivity index (χ2n) is 3.47. The van der Waals surface area contributed by atoms with Gasteiger partial charge >= 0.3 is 0 Å². The van der Waals surface area contributed by atoms with E-state index in [-0.39, 0.29) is 0 Å². The number of anilines is 1. The molecule has 1 aromatic rings. The molecule has 1 rings (SSSR count). The SMILES string of the molecule is C=CCN(CC)CCNc1ccccc1. The molecule has 0 aliphatic carbocycles. The van der Waals surface area contributed by atoms with Gasteiger partial charge in [-0.15, -0.1) is 6.58 Å². The topological polar surface area (TPSA) is 15.3 Å². The van der Waals surface area contributed by atoms with Crippen molar-refractivity contribution >= 4 is 5.69 Å². The van der Waals surface area contributed by atoms with Crippen molar-refractivity contribution in [1.29, 1.82) is 0 Å². The predicted octanol–water partition coefficient (Wildman–Crippen LogP) is 2.61. The molecule has 15 heavy (non-hydrogen) atoms. The summed E-state index contributed by atoms with van der Waals surface area (Å²) in [6.07, 6.45) is 1.95. The van der Waals surface area contributed by atoms with Crippen LogP contribution in [-0.4, -0.2) is 31.1 Å². The highest BCUT2D eigenvalue weighted by Crippen LogP contribution is 2.03. The van der Waals surface area contributed by atoms with E-state index in [4.69, 9.17) is 0 Å². The number of hydrogen-bond acceptors (Lipinski definition) is 2. The van der Waals surface area contributed by atoms with Crippen LogP contribution in [0, 0.1) is 0 Å². The number of benzene rings is 1. The maximum atomic E-state index is 3.75. The fourth-order valence-electron chi connectivity index (χ4n) is 1.48. The molecule has 0 radical (unpaired) electrons. The first kappa shape index (κ1) is 11.8. The minimum Gasteiger partial charge on any atom is -0.384 e. The van der Waals surface area contributed by atoms with Gasteiger partial charge in [-0.05, 0) is 18.7 Å². The van der Waals surface area contributed by atoms with Crippen molar-refractivity contribution in [2.24, 2.45) is 0 Å². The number of likely N-dealkylation sites (N-methyl/N-ethyl adjacent to an activating group) is 1. The summed E-state index contributed by atoms with van der Waals surface area (Å²) in [6, 6.07) is 10.3. The van der Waals surface area contributed by atoms with Crippen LogP contribution in [0.4, 0.5) is 5.69 Å². The number of nitrogens with zero attached hydrogens (tertiary/aromatic N) is 1. The van der Waals surface area contributed by atoms with Crippen LogP contribution in [0.15, 0.2) is 43.0 Å². The largest absolute Gasteiger partial charge is 0.384 e. The minimum atomic E-state index is 0.965. The van der Waals surface area contributed by atoms with Gasteiger partial charge in [-0.1, -0.05) is 31.2 Å². The Labute approximate surface area is 92.6 Å². The number of nitrogens with one attached hydrogen (secondary N) is 1. The fraction of sp³-hybridized carbons (Fsp3) is 0.385. The molecule has 0 atom stereocenters. The van der Waals surface area contributed by atoms with E-state index >= 15 is 0 Å². The van der Waals surface area contributed by atoms with Crippen LogP contribution >= 0.6 is 0 Å². The molecule has 0 aliphatic heterocycles. The second kappa shape index (κ2) is 7.07. The lowest BCUT2D eigenvalue weighted by Gasteiger charge is -2.18. The highest BCUT2D eigenvalue weighted by Gasteiger charge is 1.98. The monoisotopic (exact) mass is 204 g/mol. The lowest BCUT2D eigenvalue weighted by Crippen LogP contribution is -2.29. The van der Waals surface area contributed by atoms with E-state index in [0.29, 0.717) is 0 Å². The lowest BCUT2D eigenvalue weighted by atomic mass is 10.3. The Morgan fingerprint density at radius 2 is 2.07 bits per heavy atom. The van der Waals surface area contributed by atoms with Crippen molar-refractivity contribution in [3.05, 3.63) is 43.0 Å². The summed E-state index contributed by atoms with van der Waals surface area (Å²) >= 11 is 0. The van der Waals surface area contributed by atoms with Gasteiger partial charge in [-0.25, -0.2) is 0 Å². The average molecular weight is 204 g/mol. The van der Waals surface area contributed by atoms with Gasteiger partial charge in [-0.3, -0.25) is 4.90 Å². The summed E-state index contributed by atoms with van der Waals surface area (Å²) in [6.45, 7) is 9.99. The normalized spacial score (nSPS) is 10.3. The van der Waals surface area contributed by atoms with Crippen molar-refractivity contribution in [1.82, 2.24) is 4.90 Å². The second-order valence-corrected chi connectivity index (χ2v) is 3.47. The number of para-hydroxylation sites is 1. The Morgan fingerprint density at radius 3 is 2.67 bits per heavy atom. The number of hydrogen-bond donors (Lipinski definition) is 1. The highest BCUT2D eigenvalue weighted by molar-refractivity contribution is 5.42. The first-order chi connectivity index (χ1) is 7.36. The van der Waals surface area contributed by atoms with Gasteiger partial charge < -0.3 is 5.32 Å². The maximum Gasteiger partial charge on any atom is 0.0340 e. The molecule has 0 aromatic heterocycles. The zero-order chi connectivity index (χ0) is 10.9. The van der Waals surface area contributed by atoms with E-state index in [1.807, 2.05) is 24.3 Å². The van der Waals surface area contributed by atoms with E-state index in [9.17, 15) is 0 Å². The third-order valence-corrected chi connectivity index (χ3v) is 2.37. The summed E-state index contributed by atoms with van der Waals surface area (Å²) in [7, 11) is 0. The third-order valence-electron chi connectivity index (χ3n) is 2.37. The van der Waals surface area contributed by atoms with Gasteiger partial charge in [0.25, 0.3) is 0 Å². The van der Waals surface area contributed by atoms with Gasteiger partial charge in [-0.2, -0.15) is 0 Å². The van der Waals surface area contributed by atoms with Crippen LogP contribution in [0.1, 0.15) is 6.92 Å². The summed E-state index contributed by atoms with van der Waals surface area (Å²) in [5, 5.41) is 3.39. The summed E-state index contributed by atoms with van der Waals surface area (Å²) < 4.78 is 0. The molecule has 2 heteroatoms. The van der Waals surface area contributed by atoms with Crippen LogP contribution < -0.4 is 5.32 Å². The van der Waals surface area contributed by atoms with E-state index in [2.05, 4.69) is 35.9 Å². The average Bonchev–Trinajstić information content (AvgIpc) is 2.29. The summed E-state index contributed by atoms with van der Waals surface area (Å²) in [5.41, 5.74) is 1.19. The smallest absolute Gasteiger partial charge is 0.0340 e. The van der Waals surface area contributed by atoms with Crippen molar-refractivity contribution in [2.45, 2.75) is 6.92 Å². The molecule has 0 bridgehead atoms. The molecule has 2 nitrogen and oxygen atoms in total. The molecule has 1 aromatic carbocycles. The fourth-order valence-corrected chi connectivity index (χ4v) is 1.48. The molecule has 0 saturated carbocycles. The van der Waals surface area contributed by atoms with Crippen LogP contribution in [0.5, 0.6) is 0 Å². The van der Waals surface area contributed by atoms with Gasteiger partial charge in [0.15, 0.2) is 0 Å². The van der Waals surface area contributed by atoms with Gasteiger partial charge in [0.2, 0.25) is 0 Å². The van der Waals surface area contributed by atoms with E-state index in [1.165, 1.54) is 5.69 Å². The molecular formula is C13H20N2. The quantitative estimate of drug-likeness (QED) is 0.687. The molecule has 0 aliphatic rings. The summed E-state index contributed by atoms with van der Waals surface area (Å²) in [5.74, 6) is 0. The van der Waals surface area contributed by atoms with Crippen LogP contribution in [0.3, 0.4) is 0 Å². The lowest BCUT2D eigenvalue weighted by molar-refractivity contribution is 0.332. The maximum absolute atomic E-state index is 3.75. The van der Waals surface area contributed by atoms with E-state index < -0.39 is 0 Å². The van der Waals surface area contributed by atoms with Crippen LogP contribution in [0.2, 0.25) is 0 Å².